The third-order valence-electron chi connectivity index (χ3n) is 1.74. The highest BCUT2D eigenvalue weighted by atomic mass is 16.5. The largest absolute Gasteiger partial charge is 0.479 e. The van der Waals surface area contributed by atoms with Crippen LogP contribution in [0.1, 0.15) is 5.82 Å². The monoisotopic (exact) mass is 207 g/mol. The number of methoxy groups -OCH3 is 1. The zero-order valence-corrected chi connectivity index (χ0v) is 8.04. The first-order valence-electron chi connectivity index (χ1n) is 4.23. The molecule has 0 atom stereocenters. The number of rotatable bonds is 3. The Hall–Kier alpha value is -2.02. The van der Waals surface area contributed by atoms with E-state index in [1.807, 2.05) is 0 Å². The van der Waals surface area contributed by atoms with E-state index in [9.17, 15) is 0 Å². The lowest BCUT2D eigenvalue weighted by atomic mass is 10.3. The maximum Gasteiger partial charge on any atom is 0.254 e. The lowest BCUT2D eigenvalue weighted by Crippen LogP contribution is -2.04. The van der Waals surface area contributed by atoms with E-state index in [2.05, 4.69) is 20.3 Å². The molecule has 0 bridgehead atoms. The van der Waals surface area contributed by atoms with Crippen molar-refractivity contribution in [3.8, 4) is 17.3 Å². The van der Waals surface area contributed by atoms with E-state index in [1.165, 1.54) is 13.3 Å². The Morgan fingerprint density at radius 2 is 2.33 bits per heavy atom. The van der Waals surface area contributed by atoms with Gasteiger partial charge < -0.3 is 15.0 Å². The first kappa shape index (κ1) is 9.53. The van der Waals surface area contributed by atoms with Crippen LogP contribution in [0.4, 0.5) is 0 Å². The zero-order chi connectivity index (χ0) is 10.7. The fourth-order valence-electron chi connectivity index (χ4n) is 0.981. The van der Waals surface area contributed by atoms with Crippen LogP contribution in [0.5, 0.6) is 5.88 Å². The number of aromatic nitrogens is 4. The van der Waals surface area contributed by atoms with Crippen LogP contribution in [0.15, 0.2) is 16.8 Å². The molecule has 2 aromatic heterocycles. The average Bonchev–Trinajstić information content (AvgIpc) is 2.78. The van der Waals surface area contributed by atoms with Gasteiger partial charge >= 0.3 is 0 Å². The molecule has 0 radical (unpaired) electrons. The van der Waals surface area contributed by atoms with E-state index >= 15 is 0 Å². The lowest BCUT2D eigenvalue weighted by molar-refractivity contribution is 0.342. The van der Waals surface area contributed by atoms with Crippen molar-refractivity contribution in [3.05, 3.63) is 18.1 Å². The molecule has 78 valence electrons. The molecule has 7 heteroatoms. The van der Waals surface area contributed by atoms with Crippen LogP contribution in [-0.4, -0.2) is 27.4 Å². The van der Waals surface area contributed by atoms with Crippen molar-refractivity contribution in [2.24, 2.45) is 5.73 Å². The number of nitrogens with zero attached hydrogens (tertiary/aromatic N) is 4. The fraction of sp³-hybridized carbons (Fsp3) is 0.250. The summed E-state index contributed by atoms with van der Waals surface area (Å²) in [5.41, 5.74) is 5.83. The average molecular weight is 207 g/mol. The van der Waals surface area contributed by atoms with Gasteiger partial charge in [-0.05, 0) is 5.16 Å². The molecule has 2 N–H and O–H groups in total. The van der Waals surface area contributed by atoms with Crippen LogP contribution in [-0.2, 0) is 6.54 Å². The molecule has 2 rings (SSSR count). The van der Waals surface area contributed by atoms with E-state index in [-0.39, 0.29) is 6.54 Å². The molecule has 0 fully saturated rings. The Morgan fingerprint density at radius 1 is 1.47 bits per heavy atom. The van der Waals surface area contributed by atoms with E-state index in [4.69, 9.17) is 15.0 Å². The highest BCUT2D eigenvalue weighted by Gasteiger charge is 2.09. The number of hydrogen-bond acceptors (Lipinski definition) is 7. The molecule has 0 aliphatic carbocycles. The topological polar surface area (TPSA) is 100.0 Å². The minimum atomic E-state index is 0.257. The van der Waals surface area contributed by atoms with Gasteiger partial charge in [0.05, 0.1) is 25.9 Å². The summed E-state index contributed by atoms with van der Waals surface area (Å²) in [7, 11) is 1.50. The number of nitrogens with two attached hydrogens (primary N) is 1. The molecular weight excluding hydrogens is 198 g/mol. The molecule has 0 unspecified atom stereocenters. The zero-order valence-electron chi connectivity index (χ0n) is 8.04. The predicted octanol–water partition coefficient (Wildman–Crippen LogP) is -0.00610. The second kappa shape index (κ2) is 4.01. The van der Waals surface area contributed by atoms with E-state index in [0.29, 0.717) is 23.2 Å². The molecule has 0 saturated carbocycles. The number of ether oxygens (including phenoxy) is 1. The number of hydrogen-bond donors (Lipinski definition) is 1. The van der Waals surface area contributed by atoms with Crippen molar-refractivity contribution in [2.75, 3.05) is 7.11 Å². The Morgan fingerprint density at radius 3 is 2.87 bits per heavy atom. The quantitative estimate of drug-likeness (QED) is 0.755. The fourth-order valence-corrected chi connectivity index (χ4v) is 0.981. The van der Waals surface area contributed by atoms with Crippen LogP contribution >= 0.6 is 0 Å². The smallest absolute Gasteiger partial charge is 0.254 e. The molecule has 0 amide bonds. The first-order valence-corrected chi connectivity index (χ1v) is 4.23. The van der Waals surface area contributed by atoms with E-state index in [1.54, 1.807) is 6.07 Å². The van der Waals surface area contributed by atoms with Crippen molar-refractivity contribution in [2.45, 2.75) is 6.54 Å². The van der Waals surface area contributed by atoms with Gasteiger partial charge in [-0.1, -0.05) is 0 Å². The molecule has 15 heavy (non-hydrogen) atoms. The molecule has 2 aromatic rings. The maximum absolute atomic E-state index is 5.34. The van der Waals surface area contributed by atoms with Crippen molar-refractivity contribution in [1.29, 1.82) is 0 Å². The van der Waals surface area contributed by atoms with Crippen LogP contribution in [0, 0.1) is 0 Å². The van der Waals surface area contributed by atoms with Gasteiger partial charge in [-0.25, -0.2) is 4.98 Å². The minimum absolute atomic E-state index is 0.257. The van der Waals surface area contributed by atoms with Gasteiger partial charge in [0.15, 0.2) is 11.6 Å². The molecular formula is C8H9N5O2. The second-order valence-electron chi connectivity index (χ2n) is 2.70. The molecule has 0 aliphatic heterocycles. The summed E-state index contributed by atoms with van der Waals surface area (Å²) in [6, 6.07) is 1.60. The van der Waals surface area contributed by atoms with Gasteiger partial charge in [-0.15, -0.1) is 10.2 Å². The first-order chi connectivity index (χ1) is 7.33. The SMILES string of the molecule is COc1cc(-c2cnc(CN)nn2)on1. The summed E-state index contributed by atoms with van der Waals surface area (Å²) in [6.07, 6.45) is 1.52. The Bertz CT molecular complexity index is 439. The van der Waals surface area contributed by atoms with Crippen LogP contribution in [0.2, 0.25) is 0 Å². The maximum atomic E-state index is 5.34. The van der Waals surface area contributed by atoms with E-state index < -0.39 is 0 Å². The summed E-state index contributed by atoms with van der Waals surface area (Å²) in [5.74, 6) is 1.32. The van der Waals surface area contributed by atoms with Crippen LogP contribution in [0.25, 0.3) is 11.5 Å². The van der Waals surface area contributed by atoms with E-state index in [0.717, 1.165) is 0 Å². The van der Waals surface area contributed by atoms with Gasteiger partial charge in [-0.2, -0.15) is 0 Å². The predicted molar refractivity (Wildman–Crippen MR) is 49.8 cm³/mol. The molecule has 2 heterocycles. The molecule has 0 spiro atoms. The minimum Gasteiger partial charge on any atom is -0.479 e. The summed E-state index contributed by atoms with van der Waals surface area (Å²) in [6.45, 7) is 0.257. The van der Waals surface area contributed by atoms with Crippen molar-refractivity contribution < 1.29 is 9.26 Å². The molecule has 0 aliphatic rings. The van der Waals surface area contributed by atoms with Gasteiger partial charge in [0.25, 0.3) is 5.88 Å². The standard InChI is InChI=1S/C8H9N5O2/c1-14-8-2-6(15-13-8)5-4-10-7(3-9)12-11-5/h2,4H,3,9H2,1H3. The van der Waals surface area contributed by atoms with Crippen molar-refractivity contribution in [1.82, 2.24) is 20.3 Å². The Kier molecular flexibility index (Phi) is 2.55. The lowest BCUT2D eigenvalue weighted by Gasteiger charge is -1.94. The third kappa shape index (κ3) is 1.91. The molecule has 0 aromatic carbocycles. The van der Waals surface area contributed by atoms with Gasteiger partial charge in [0, 0.05) is 0 Å². The van der Waals surface area contributed by atoms with Crippen molar-refractivity contribution in [3.63, 3.8) is 0 Å². The van der Waals surface area contributed by atoms with Crippen LogP contribution < -0.4 is 10.5 Å². The highest BCUT2D eigenvalue weighted by molar-refractivity contribution is 5.50. The Labute approximate surface area is 85.3 Å². The van der Waals surface area contributed by atoms with Crippen LogP contribution in [0.3, 0.4) is 0 Å². The summed E-state index contributed by atoms with van der Waals surface area (Å²) in [4.78, 5) is 3.98. The summed E-state index contributed by atoms with van der Waals surface area (Å²) >= 11 is 0. The van der Waals surface area contributed by atoms with Gasteiger partial charge in [0.2, 0.25) is 0 Å². The normalized spacial score (nSPS) is 10.3. The highest BCUT2D eigenvalue weighted by Crippen LogP contribution is 2.19. The summed E-state index contributed by atoms with van der Waals surface area (Å²) < 4.78 is 9.83. The van der Waals surface area contributed by atoms with Gasteiger partial charge in [0.1, 0.15) is 5.69 Å². The Balaban J connectivity index is 2.28. The third-order valence-corrected chi connectivity index (χ3v) is 1.74. The van der Waals surface area contributed by atoms with Crippen molar-refractivity contribution >= 4 is 0 Å². The molecule has 7 nitrogen and oxygen atoms in total. The molecule has 0 saturated heterocycles. The summed E-state index contributed by atoms with van der Waals surface area (Å²) in [5, 5.41) is 11.3. The van der Waals surface area contributed by atoms with Gasteiger partial charge in [-0.3, -0.25) is 0 Å². The second-order valence-corrected chi connectivity index (χ2v) is 2.70.